The number of carboxylic acids is 1. The molecule has 0 heterocycles. The first-order chi connectivity index (χ1) is 11.0. The number of halogens is 1. The molecule has 0 aliphatic rings. The smallest absolute Gasteiger partial charge is 0.305 e. The van der Waals surface area contributed by atoms with Crippen molar-refractivity contribution in [1.82, 2.24) is 0 Å². The van der Waals surface area contributed by atoms with E-state index >= 15 is 0 Å². The van der Waals surface area contributed by atoms with Gasteiger partial charge in [-0.3, -0.25) is 9.59 Å². The van der Waals surface area contributed by atoms with Crippen LogP contribution in [0.1, 0.15) is 26.7 Å². The lowest BCUT2D eigenvalue weighted by Crippen LogP contribution is -2.42. The Morgan fingerprint density at radius 1 is 0.957 bits per heavy atom. The summed E-state index contributed by atoms with van der Waals surface area (Å²) in [4.78, 5) is 21.4. The van der Waals surface area contributed by atoms with Crippen molar-refractivity contribution < 1.29 is 38.0 Å². The van der Waals surface area contributed by atoms with Gasteiger partial charge in [-0.1, -0.05) is 0 Å². The summed E-state index contributed by atoms with van der Waals surface area (Å²) in [6.07, 6.45) is 0.161. The number of ketones is 1. The molecule has 0 spiro atoms. The fourth-order valence-electron chi connectivity index (χ4n) is 1.78. The molecule has 0 saturated heterocycles. The molecular formula is C15H27FO7. The van der Waals surface area contributed by atoms with Gasteiger partial charge < -0.3 is 24.1 Å². The van der Waals surface area contributed by atoms with Gasteiger partial charge in [0.15, 0.2) is 6.86 Å². The lowest BCUT2D eigenvalue weighted by atomic mass is 9.92. The number of aliphatic carboxylic acids is 1. The predicted octanol–water partition coefficient (Wildman–Crippen LogP) is 1.44. The van der Waals surface area contributed by atoms with Crippen molar-refractivity contribution in [3.63, 3.8) is 0 Å². The van der Waals surface area contributed by atoms with Crippen LogP contribution in [0.15, 0.2) is 0 Å². The number of carbonyl (C=O) groups excluding carboxylic acids is 1. The Bertz CT molecular complexity index is 304. The first-order valence-electron chi connectivity index (χ1n) is 7.54. The molecule has 23 heavy (non-hydrogen) atoms. The predicted molar refractivity (Wildman–Crippen MR) is 80.0 cm³/mol. The van der Waals surface area contributed by atoms with Gasteiger partial charge in [-0.25, -0.2) is 4.39 Å². The van der Waals surface area contributed by atoms with E-state index in [0.717, 1.165) is 0 Å². The summed E-state index contributed by atoms with van der Waals surface area (Å²) in [5, 5.41) is 8.62. The Hall–Kier alpha value is -1.09. The number of hydrogen-bond donors (Lipinski definition) is 1. The highest BCUT2D eigenvalue weighted by atomic mass is 19.1. The van der Waals surface area contributed by atoms with Crippen LogP contribution in [-0.2, 0) is 28.5 Å². The van der Waals surface area contributed by atoms with E-state index in [1.807, 2.05) is 6.92 Å². The molecule has 0 aromatic heterocycles. The normalized spacial score (nSPS) is 13.7. The first kappa shape index (κ1) is 21.9. The number of hydrogen-bond acceptors (Lipinski definition) is 6. The van der Waals surface area contributed by atoms with Crippen LogP contribution in [0.3, 0.4) is 0 Å². The van der Waals surface area contributed by atoms with Crippen LogP contribution in [0.2, 0.25) is 0 Å². The van der Waals surface area contributed by atoms with Crippen molar-refractivity contribution in [3.05, 3.63) is 0 Å². The van der Waals surface area contributed by atoms with E-state index in [0.29, 0.717) is 6.61 Å². The van der Waals surface area contributed by atoms with Crippen LogP contribution in [0.25, 0.3) is 0 Å². The second-order valence-electron chi connectivity index (χ2n) is 5.30. The third kappa shape index (κ3) is 12.1. The summed E-state index contributed by atoms with van der Waals surface area (Å²) in [5.74, 6) is -0.948. The molecule has 0 bridgehead atoms. The van der Waals surface area contributed by atoms with Gasteiger partial charge in [0.1, 0.15) is 5.78 Å². The monoisotopic (exact) mass is 338 g/mol. The minimum atomic E-state index is -0.960. The molecule has 0 saturated carbocycles. The third-order valence-corrected chi connectivity index (χ3v) is 2.97. The molecule has 136 valence electrons. The molecule has 0 aromatic rings. The Kier molecular flexibility index (Phi) is 12.7. The molecule has 0 aliphatic heterocycles. The highest BCUT2D eigenvalue weighted by Gasteiger charge is 2.32. The van der Waals surface area contributed by atoms with Gasteiger partial charge >= 0.3 is 5.97 Å². The van der Waals surface area contributed by atoms with Crippen molar-refractivity contribution in [1.29, 1.82) is 0 Å². The van der Waals surface area contributed by atoms with Gasteiger partial charge in [0, 0.05) is 13.0 Å². The van der Waals surface area contributed by atoms with Gasteiger partial charge in [0.2, 0.25) is 0 Å². The van der Waals surface area contributed by atoms with E-state index in [-0.39, 0.29) is 58.3 Å². The highest BCUT2D eigenvalue weighted by Crippen LogP contribution is 2.21. The number of ether oxygens (including phenoxy) is 4. The zero-order valence-electron chi connectivity index (χ0n) is 13.8. The zero-order chi connectivity index (χ0) is 17.6. The van der Waals surface area contributed by atoms with Crippen LogP contribution < -0.4 is 0 Å². The van der Waals surface area contributed by atoms with E-state index in [9.17, 15) is 14.0 Å². The first-order valence-corrected chi connectivity index (χ1v) is 7.54. The molecule has 0 fully saturated rings. The fourth-order valence-corrected chi connectivity index (χ4v) is 1.78. The maximum Gasteiger partial charge on any atom is 0.305 e. The molecule has 0 aromatic carbocycles. The SMILES string of the molecule is CCOCC(COCF)(COCCC(C)=O)COCCC(=O)O. The van der Waals surface area contributed by atoms with Gasteiger partial charge in [-0.15, -0.1) is 0 Å². The Balaban J connectivity index is 4.57. The molecule has 0 aliphatic carbocycles. The molecule has 0 rings (SSSR count). The summed E-state index contributed by atoms with van der Waals surface area (Å²) in [6, 6.07) is 0. The number of alkyl halides is 1. The second-order valence-corrected chi connectivity index (χ2v) is 5.30. The van der Waals surface area contributed by atoms with Crippen molar-refractivity contribution >= 4 is 11.8 Å². The van der Waals surface area contributed by atoms with Gasteiger partial charge in [-0.05, 0) is 13.8 Å². The molecule has 8 heteroatoms. The fraction of sp³-hybridized carbons (Fsp3) is 0.867. The standard InChI is InChI=1S/C15H27FO7/c1-3-20-8-15(11-23-12-16,9-21-6-4-13(2)17)10-22-7-5-14(18)19/h3-12H2,1-2H3,(H,18,19). The van der Waals surface area contributed by atoms with Gasteiger partial charge in [0.25, 0.3) is 0 Å². The summed E-state index contributed by atoms with van der Waals surface area (Å²) in [7, 11) is 0. The van der Waals surface area contributed by atoms with E-state index in [2.05, 4.69) is 0 Å². The summed E-state index contributed by atoms with van der Waals surface area (Å²) >= 11 is 0. The van der Waals surface area contributed by atoms with Crippen LogP contribution in [0.4, 0.5) is 4.39 Å². The van der Waals surface area contributed by atoms with E-state index < -0.39 is 18.2 Å². The molecule has 1 N–H and O–H groups in total. The summed E-state index contributed by atoms with van der Waals surface area (Å²) < 4.78 is 33.5. The van der Waals surface area contributed by atoms with Gasteiger partial charge in [-0.2, -0.15) is 0 Å². The number of rotatable bonds is 16. The Morgan fingerprint density at radius 3 is 1.96 bits per heavy atom. The van der Waals surface area contributed by atoms with Crippen LogP contribution in [-0.4, -0.2) is 70.0 Å². The minimum absolute atomic E-state index is 0.0106. The van der Waals surface area contributed by atoms with Crippen molar-refractivity contribution in [2.45, 2.75) is 26.7 Å². The van der Waals surface area contributed by atoms with Crippen LogP contribution in [0.5, 0.6) is 0 Å². The molecule has 1 unspecified atom stereocenters. The van der Waals surface area contributed by atoms with E-state index in [1.165, 1.54) is 6.92 Å². The topological polar surface area (TPSA) is 91.3 Å². The molecular weight excluding hydrogens is 311 g/mol. The largest absolute Gasteiger partial charge is 0.481 e. The van der Waals surface area contributed by atoms with Crippen molar-refractivity contribution in [3.8, 4) is 0 Å². The average Bonchev–Trinajstić information content (AvgIpc) is 2.51. The summed E-state index contributed by atoms with van der Waals surface area (Å²) in [5.41, 5.74) is -0.753. The van der Waals surface area contributed by atoms with E-state index in [1.54, 1.807) is 0 Å². The highest BCUT2D eigenvalue weighted by molar-refractivity contribution is 5.75. The molecule has 7 nitrogen and oxygen atoms in total. The Morgan fingerprint density at radius 2 is 1.48 bits per heavy atom. The number of carboxylic acid groups (broad SMARTS) is 1. The van der Waals surface area contributed by atoms with Crippen LogP contribution in [0, 0.1) is 5.41 Å². The lowest BCUT2D eigenvalue weighted by Gasteiger charge is -2.32. The van der Waals surface area contributed by atoms with E-state index in [4.69, 9.17) is 24.1 Å². The van der Waals surface area contributed by atoms with Gasteiger partial charge in [0.05, 0.1) is 51.5 Å². The average molecular weight is 338 g/mol. The molecule has 0 radical (unpaired) electrons. The maximum atomic E-state index is 12.4. The third-order valence-electron chi connectivity index (χ3n) is 2.97. The summed E-state index contributed by atoms with van der Waals surface area (Å²) in [6.45, 7) is 3.58. The lowest BCUT2D eigenvalue weighted by molar-refractivity contribution is -0.140. The number of Topliss-reactive ketones (excluding diaryl/α,β-unsaturated/α-hetero) is 1. The number of carbonyl (C=O) groups is 2. The van der Waals surface area contributed by atoms with Crippen molar-refractivity contribution in [2.24, 2.45) is 5.41 Å². The second kappa shape index (κ2) is 13.4. The van der Waals surface area contributed by atoms with Crippen molar-refractivity contribution in [2.75, 3.05) is 53.1 Å². The quantitative estimate of drug-likeness (QED) is 0.426. The zero-order valence-corrected chi connectivity index (χ0v) is 13.8. The maximum absolute atomic E-state index is 12.4. The molecule has 1 atom stereocenters. The van der Waals surface area contributed by atoms with Crippen LogP contribution >= 0.6 is 0 Å². The minimum Gasteiger partial charge on any atom is -0.481 e. The molecule has 0 amide bonds. The Labute approximate surface area is 136 Å².